The van der Waals surface area contributed by atoms with Crippen molar-refractivity contribution in [2.75, 3.05) is 17.6 Å². The first kappa shape index (κ1) is 22.7. The molecule has 0 spiro atoms. The molecule has 13 heteroatoms. The minimum atomic E-state index is -4.22. The maximum atomic E-state index is 12.6. The number of rotatable bonds is 7. The Kier molecular flexibility index (Phi) is 5.55. The third-order valence-corrected chi connectivity index (χ3v) is 6.57. The van der Waals surface area contributed by atoms with E-state index in [0.29, 0.717) is 22.8 Å². The number of hydrogen-bond acceptors (Lipinski definition) is 7. The molecule has 4 heterocycles. The summed E-state index contributed by atoms with van der Waals surface area (Å²) in [6.45, 7) is 1.84. The Hall–Kier alpha value is -4.13. The van der Waals surface area contributed by atoms with Gasteiger partial charge in [-0.05, 0) is 31.2 Å². The van der Waals surface area contributed by atoms with E-state index in [-0.39, 0.29) is 5.69 Å². The second-order valence-electron chi connectivity index (χ2n) is 7.69. The van der Waals surface area contributed by atoms with Gasteiger partial charge < -0.3 is 4.74 Å². The van der Waals surface area contributed by atoms with Crippen molar-refractivity contribution in [2.24, 2.45) is 0 Å². The predicted molar refractivity (Wildman–Crippen MR) is 126 cm³/mol. The molecule has 180 valence electrons. The standard InChI is InChI=1S/C22H19F2N7O3S/c1-13-15-10-26-17(16-11-27-30-7-3-6-25-22(16)30)9-19(15)31(28-13)18-5-4-14(8-20(18)34-2)29-35(32,33)12-21(23)24/h3-11,21,29H,12H2,1-2H3. The van der Waals surface area contributed by atoms with Crippen LogP contribution in [0.15, 0.2) is 55.1 Å². The Morgan fingerprint density at radius 2 is 2.00 bits per heavy atom. The first-order valence-electron chi connectivity index (χ1n) is 10.4. The largest absolute Gasteiger partial charge is 0.494 e. The number of fused-ring (bicyclic) bond motifs is 2. The molecule has 0 amide bonds. The third kappa shape index (κ3) is 4.25. The molecule has 0 atom stereocenters. The van der Waals surface area contributed by atoms with Gasteiger partial charge in [0, 0.05) is 30.0 Å². The number of pyridine rings is 1. The minimum absolute atomic E-state index is 0.0965. The van der Waals surface area contributed by atoms with Crippen LogP contribution in [0.2, 0.25) is 0 Å². The Morgan fingerprint density at radius 1 is 1.17 bits per heavy atom. The van der Waals surface area contributed by atoms with Crippen molar-refractivity contribution in [3.63, 3.8) is 0 Å². The molecule has 1 N–H and O–H groups in total. The summed E-state index contributed by atoms with van der Waals surface area (Å²) in [6, 6.07) is 8.11. The average molecular weight is 500 g/mol. The van der Waals surface area contributed by atoms with Crippen LogP contribution in [0.25, 0.3) is 33.5 Å². The van der Waals surface area contributed by atoms with Crippen molar-refractivity contribution in [2.45, 2.75) is 13.3 Å². The lowest BCUT2D eigenvalue weighted by molar-refractivity contribution is 0.174. The number of nitrogens with zero attached hydrogens (tertiary/aromatic N) is 6. The van der Waals surface area contributed by atoms with Gasteiger partial charge in [-0.1, -0.05) is 0 Å². The van der Waals surface area contributed by atoms with Crippen LogP contribution < -0.4 is 9.46 Å². The van der Waals surface area contributed by atoms with Crippen LogP contribution in [0.5, 0.6) is 5.75 Å². The van der Waals surface area contributed by atoms with Crippen LogP contribution in [0, 0.1) is 6.92 Å². The molecule has 0 unspecified atom stereocenters. The molecule has 5 rings (SSSR count). The van der Waals surface area contributed by atoms with E-state index in [9.17, 15) is 17.2 Å². The van der Waals surface area contributed by atoms with E-state index in [1.807, 2.05) is 13.0 Å². The van der Waals surface area contributed by atoms with Crippen molar-refractivity contribution in [1.29, 1.82) is 0 Å². The number of aryl methyl sites for hydroxylation is 1. The Balaban J connectivity index is 1.59. The van der Waals surface area contributed by atoms with Gasteiger partial charge in [0.05, 0.1) is 41.5 Å². The van der Waals surface area contributed by atoms with E-state index in [2.05, 4.69) is 24.9 Å². The first-order chi connectivity index (χ1) is 16.8. The van der Waals surface area contributed by atoms with Crippen LogP contribution in [0.1, 0.15) is 5.69 Å². The van der Waals surface area contributed by atoms with Crippen molar-refractivity contribution in [3.05, 3.63) is 60.8 Å². The van der Waals surface area contributed by atoms with E-state index < -0.39 is 22.2 Å². The van der Waals surface area contributed by atoms with Crippen molar-refractivity contribution < 1.29 is 21.9 Å². The SMILES string of the molecule is COc1cc(NS(=O)(=O)CC(F)F)ccc1-n1nc(C)c2cnc(-c3cnn4cccnc34)cc21. The normalized spacial score (nSPS) is 12.0. The summed E-state index contributed by atoms with van der Waals surface area (Å²) in [5.74, 6) is -1.00. The first-order valence-corrected chi connectivity index (χ1v) is 12.0. The highest BCUT2D eigenvalue weighted by molar-refractivity contribution is 7.92. The number of hydrogen-bond donors (Lipinski definition) is 1. The van der Waals surface area contributed by atoms with Gasteiger partial charge in [0.1, 0.15) is 17.2 Å². The number of sulfonamides is 1. The molecule has 0 saturated carbocycles. The van der Waals surface area contributed by atoms with E-state index in [0.717, 1.165) is 22.2 Å². The molecule has 0 bridgehead atoms. The summed E-state index contributed by atoms with van der Waals surface area (Å²) in [4.78, 5) is 8.95. The summed E-state index contributed by atoms with van der Waals surface area (Å²) in [5, 5.41) is 9.74. The number of alkyl halides is 2. The van der Waals surface area contributed by atoms with Gasteiger partial charge in [0.15, 0.2) is 5.65 Å². The zero-order chi connectivity index (χ0) is 24.7. The molecular formula is C22H19F2N7O3S. The van der Waals surface area contributed by atoms with Crippen LogP contribution in [-0.2, 0) is 10.0 Å². The van der Waals surface area contributed by atoms with Gasteiger partial charge >= 0.3 is 0 Å². The molecule has 0 aliphatic rings. The maximum absolute atomic E-state index is 12.6. The van der Waals surface area contributed by atoms with Gasteiger partial charge in [-0.2, -0.15) is 10.2 Å². The Morgan fingerprint density at radius 3 is 2.77 bits per heavy atom. The van der Waals surface area contributed by atoms with E-state index in [1.165, 1.54) is 19.2 Å². The third-order valence-electron chi connectivity index (χ3n) is 5.33. The molecule has 0 fully saturated rings. The molecule has 0 saturated heterocycles. The van der Waals surface area contributed by atoms with Gasteiger partial charge in [-0.15, -0.1) is 0 Å². The fourth-order valence-electron chi connectivity index (χ4n) is 3.80. The topological polar surface area (TPSA) is 116 Å². The zero-order valence-electron chi connectivity index (χ0n) is 18.6. The highest BCUT2D eigenvalue weighted by Gasteiger charge is 2.20. The highest BCUT2D eigenvalue weighted by Crippen LogP contribution is 2.32. The van der Waals surface area contributed by atoms with Crippen LogP contribution in [0.3, 0.4) is 0 Å². The Labute approximate surface area is 198 Å². The smallest absolute Gasteiger partial charge is 0.254 e. The van der Waals surface area contributed by atoms with E-state index in [1.54, 1.807) is 46.1 Å². The minimum Gasteiger partial charge on any atom is -0.494 e. The molecule has 4 aromatic heterocycles. The number of halogens is 2. The van der Waals surface area contributed by atoms with E-state index in [4.69, 9.17) is 4.74 Å². The molecule has 1 aromatic carbocycles. The van der Waals surface area contributed by atoms with Crippen LogP contribution >= 0.6 is 0 Å². The summed E-state index contributed by atoms with van der Waals surface area (Å²) in [7, 11) is -2.79. The monoisotopic (exact) mass is 499 g/mol. The lowest BCUT2D eigenvalue weighted by Crippen LogP contribution is -2.21. The molecule has 0 aliphatic carbocycles. The summed E-state index contributed by atoms with van der Waals surface area (Å²) < 4.78 is 59.9. The molecule has 0 radical (unpaired) electrons. The van der Waals surface area contributed by atoms with Crippen molar-refractivity contribution in [3.8, 4) is 22.7 Å². The second kappa shape index (κ2) is 8.58. The summed E-state index contributed by atoms with van der Waals surface area (Å²) in [5.41, 5.74) is 4.11. The maximum Gasteiger partial charge on any atom is 0.254 e. The van der Waals surface area contributed by atoms with Crippen LogP contribution in [-0.4, -0.2) is 57.1 Å². The second-order valence-corrected chi connectivity index (χ2v) is 9.46. The number of anilines is 1. The van der Waals surface area contributed by atoms with Crippen LogP contribution in [0.4, 0.5) is 14.5 Å². The molecule has 5 aromatic rings. The summed E-state index contributed by atoms with van der Waals surface area (Å²) in [6.07, 6.45) is 3.88. The molecule has 35 heavy (non-hydrogen) atoms. The lowest BCUT2D eigenvalue weighted by atomic mass is 10.1. The molecule has 0 aliphatic heterocycles. The van der Waals surface area contributed by atoms with Gasteiger partial charge in [-0.3, -0.25) is 9.71 Å². The predicted octanol–water partition coefficient (Wildman–Crippen LogP) is 3.45. The van der Waals surface area contributed by atoms with Gasteiger partial charge in [-0.25, -0.2) is 31.4 Å². The quantitative estimate of drug-likeness (QED) is 0.365. The highest BCUT2D eigenvalue weighted by atomic mass is 32.2. The molecule has 10 nitrogen and oxygen atoms in total. The lowest BCUT2D eigenvalue weighted by Gasteiger charge is -2.13. The number of nitrogens with one attached hydrogen (secondary N) is 1. The number of ether oxygens (including phenoxy) is 1. The fraction of sp³-hybridized carbons (Fsp3) is 0.182. The number of methoxy groups -OCH3 is 1. The summed E-state index contributed by atoms with van der Waals surface area (Å²) >= 11 is 0. The molecular weight excluding hydrogens is 480 g/mol. The fourth-order valence-corrected chi connectivity index (χ4v) is 4.70. The number of benzene rings is 1. The average Bonchev–Trinajstić information content (AvgIpc) is 3.39. The van der Waals surface area contributed by atoms with Crippen molar-refractivity contribution >= 4 is 32.3 Å². The van der Waals surface area contributed by atoms with E-state index >= 15 is 0 Å². The zero-order valence-corrected chi connectivity index (χ0v) is 19.4. The van der Waals surface area contributed by atoms with Gasteiger partial charge in [0.2, 0.25) is 10.0 Å². The van der Waals surface area contributed by atoms with Gasteiger partial charge in [0.25, 0.3) is 6.43 Å². The number of aromatic nitrogens is 6. The Bertz CT molecular complexity index is 1660. The van der Waals surface area contributed by atoms with Crippen molar-refractivity contribution in [1.82, 2.24) is 29.4 Å².